The lowest BCUT2D eigenvalue weighted by molar-refractivity contribution is -0.749. The summed E-state index contributed by atoms with van der Waals surface area (Å²) < 4.78 is 13.7. The molecule has 0 bridgehead atoms. The highest BCUT2D eigenvalue weighted by Gasteiger charge is 2.22. The van der Waals surface area contributed by atoms with Crippen molar-refractivity contribution in [3.8, 4) is 11.5 Å². The molecule has 1 atom stereocenters. The number of nitrogens with zero attached hydrogens (tertiary/aromatic N) is 2. The second kappa shape index (κ2) is 12.1. The van der Waals surface area contributed by atoms with Gasteiger partial charge in [-0.3, -0.25) is 0 Å². The number of anilines is 1. The molecule has 0 aliphatic heterocycles. The minimum atomic E-state index is -0.365. The number of carbonyl (C=O) groups excluding carboxylic acids is 1. The SMILES string of the molecule is CCCC1CCC(c2ccc(OC(=O)c3ccc(OC(C)[n+]4ccc(N(C)C)cc4)cc3)cc2)CC1. The van der Waals surface area contributed by atoms with Crippen LogP contribution in [0.1, 0.15) is 80.4 Å². The Balaban J connectivity index is 1.29. The van der Waals surface area contributed by atoms with Crippen molar-refractivity contribution in [3.05, 3.63) is 84.2 Å². The molecule has 0 saturated heterocycles. The lowest BCUT2D eigenvalue weighted by Crippen LogP contribution is -2.40. The summed E-state index contributed by atoms with van der Waals surface area (Å²) in [4.78, 5) is 14.7. The van der Waals surface area contributed by atoms with E-state index in [1.165, 1.54) is 44.1 Å². The van der Waals surface area contributed by atoms with Crippen molar-refractivity contribution in [1.82, 2.24) is 0 Å². The van der Waals surface area contributed by atoms with Crippen LogP contribution in [0.5, 0.6) is 11.5 Å². The Kier molecular flexibility index (Phi) is 8.63. The van der Waals surface area contributed by atoms with E-state index in [4.69, 9.17) is 9.47 Å². The Hall–Kier alpha value is -3.34. The molecular weight excluding hydrogens is 448 g/mol. The van der Waals surface area contributed by atoms with Crippen LogP contribution in [0.25, 0.3) is 0 Å². The molecule has 1 aliphatic carbocycles. The van der Waals surface area contributed by atoms with Gasteiger partial charge in [0.15, 0.2) is 12.4 Å². The zero-order valence-electron chi connectivity index (χ0n) is 22.0. The van der Waals surface area contributed by atoms with Crippen LogP contribution in [0.2, 0.25) is 0 Å². The summed E-state index contributed by atoms with van der Waals surface area (Å²) in [6, 6.07) is 19.3. The molecule has 1 aliphatic rings. The highest BCUT2D eigenvalue weighted by Crippen LogP contribution is 2.37. The molecule has 1 heterocycles. The molecule has 0 radical (unpaired) electrons. The predicted molar refractivity (Wildman–Crippen MR) is 144 cm³/mol. The van der Waals surface area contributed by atoms with Crippen LogP contribution in [0.4, 0.5) is 5.69 Å². The zero-order chi connectivity index (χ0) is 25.5. The standard InChI is InChI=1S/C31H39N2O3/c1-5-6-24-7-9-25(10-8-24)26-11-15-30(16-12-26)36-31(34)27-13-17-29(18-14-27)35-23(2)33-21-19-28(20-22-33)32(3)4/h11-25H,5-10H2,1-4H3/q+1. The first-order chi connectivity index (χ1) is 17.4. The molecule has 0 amide bonds. The second-order valence-corrected chi connectivity index (χ2v) is 10.1. The molecule has 1 saturated carbocycles. The van der Waals surface area contributed by atoms with Crippen molar-refractivity contribution in [1.29, 1.82) is 0 Å². The van der Waals surface area contributed by atoms with E-state index in [0.717, 1.165) is 11.6 Å². The Morgan fingerprint density at radius 1 is 0.917 bits per heavy atom. The molecule has 1 aromatic heterocycles. The Bertz CT molecular complexity index is 1100. The van der Waals surface area contributed by atoms with E-state index in [1.54, 1.807) is 24.3 Å². The maximum atomic E-state index is 12.7. The van der Waals surface area contributed by atoms with Crippen molar-refractivity contribution in [2.75, 3.05) is 19.0 Å². The number of pyridine rings is 1. The van der Waals surface area contributed by atoms with Crippen LogP contribution >= 0.6 is 0 Å². The molecular formula is C31H39N2O3+. The fraction of sp³-hybridized carbons (Fsp3) is 0.419. The first-order valence-electron chi connectivity index (χ1n) is 13.2. The van der Waals surface area contributed by atoms with Crippen LogP contribution in [0.3, 0.4) is 0 Å². The van der Waals surface area contributed by atoms with Gasteiger partial charge in [0.25, 0.3) is 6.23 Å². The van der Waals surface area contributed by atoms with Crippen molar-refractivity contribution in [2.45, 2.75) is 64.5 Å². The van der Waals surface area contributed by atoms with E-state index in [2.05, 4.69) is 24.0 Å². The van der Waals surface area contributed by atoms with Crippen LogP contribution < -0.4 is 18.9 Å². The van der Waals surface area contributed by atoms with E-state index in [9.17, 15) is 4.79 Å². The van der Waals surface area contributed by atoms with E-state index >= 15 is 0 Å². The average Bonchev–Trinajstić information content (AvgIpc) is 2.90. The summed E-state index contributed by atoms with van der Waals surface area (Å²) in [5, 5.41) is 0. The molecule has 36 heavy (non-hydrogen) atoms. The molecule has 5 heteroatoms. The van der Waals surface area contributed by atoms with Gasteiger partial charge in [-0.1, -0.05) is 31.9 Å². The minimum absolute atomic E-state index is 0.181. The van der Waals surface area contributed by atoms with Crippen molar-refractivity contribution < 1.29 is 18.8 Å². The van der Waals surface area contributed by atoms with Crippen LogP contribution in [0, 0.1) is 5.92 Å². The van der Waals surface area contributed by atoms with Gasteiger partial charge in [-0.2, -0.15) is 4.57 Å². The van der Waals surface area contributed by atoms with Gasteiger partial charge in [0, 0.05) is 38.8 Å². The van der Waals surface area contributed by atoms with E-state index in [1.807, 2.05) is 62.2 Å². The molecule has 0 spiro atoms. The number of carbonyl (C=O) groups is 1. The summed E-state index contributed by atoms with van der Waals surface area (Å²) in [6.45, 7) is 4.26. The maximum absolute atomic E-state index is 12.7. The average molecular weight is 488 g/mol. The van der Waals surface area contributed by atoms with Gasteiger partial charge in [0.2, 0.25) is 0 Å². The summed E-state index contributed by atoms with van der Waals surface area (Å²) in [7, 11) is 4.03. The maximum Gasteiger partial charge on any atom is 0.343 e. The first-order valence-corrected chi connectivity index (χ1v) is 13.2. The highest BCUT2D eigenvalue weighted by molar-refractivity contribution is 5.91. The van der Waals surface area contributed by atoms with Gasteiger partial charge in [-0.25, -0.2) is 4.79 Å². The number of rotatable bonds is 9. The molecule has 1 unspecified atom stereocenters. The lowest BCUT2D eigenvalue weighted by Gasteiger charge is -2.28. The van der Waals surface area contributed by atoms with Crippen LogP contribution in [-0.2, 0) is 0 Å². The molecule has 5 nitrogen and oxygen atoms in total. The highest BCUT2D eigenvalue weighted by atomic mass is 16.5. The quantitative estimate of drug-likeness (QED) is 0.186. The third kappa shape index (κ3) is 6.66. The smallest absolute Gasteiger partial charge is 0.343 e. The Morgan fingerprint density at radius 2 is 1.53 bits per heavy atom. The summed E-state index contributed by atoms with van der Waals surface area (Å²) in [6.07, 6.45) is 11.6. The summed E-state index contributed by atoms with van der Waals surface area (Å²) in [5.74, 6) is 2.44. The lowest BCUT2D eigenvalue weighted by atomic mass is 9.77. The third-order valence-corrected chi connectivity index (χ3v) is 7.27. The molecule has 190 valence electrons. The number of hydrogen-bond donors (Lipinski definition) is 0. The van der Waals surface area contributed by atoms with Crippen molar-refractivity contribution in [3.63, 3.8) is 0 Å². The monoisotopic (exact) mass is 487 g/mol. The van der Waals surface area contributed by atoms with Gasteiger partial charge >= 0.3 is 5.97 Å². The predicted octanol–water partition coefficient (Wildman–Crippen LogP) is 6.93. The first kappa shape index (κ1) is 25.7. The van der Waals surface area contributed by atoms with Gasteiger partial charge in [0.05, 0.1) is 5.56 Å². The summed E-state index contributed by atoms with van der Waals surface area (Å²) in [5.41, 5.74) is 2.98. The van der Waals surface area contributed by atoms with E-state index < -0.39 is 0 Å². The van der Waals surface area contributed by atoms with E-state index in [-0.39, 0.29) is 12.2 Å². The fourth-order valence-corrected chi connectivity index (χ4v) is 5.06. The molecule has 0 N–H and O–H groups in total. The van der Waals surface area contributed by atoms with Gasteiger partial charge in [0.1, 0.15) is 11.5 Å². The normalized spacial score (nSPS) is 18.3. The largest absolute Gasteiger partial charge is 0.434 e. The molecule has 4 rings (SSSR count). The van der Waals surface area contributed by atoms with Crippen molar-refractivity contribution in [2.24, 2.45) is 5.92 Å². The Labute approximate surface area is 215 Å². The summed E-state index contributed by atoms with van der Waals surface area (Å²) >= 11 is 0. The second-order valence-electron chi connectivity index (χ2n) is 10.1. The fourth-order valence-electron chi connectivity index (χ4n) is 5.06. The molecule has 1 fully saturated rings. The topological polar surface area (TPSA) is 42.7 Å². The number of esters is 1. The number of aromatic nitrogens is 1. The minimum Gasteiger partial charge on any atom is -0.434 e. The van der Waals surface area contributed by atoms with Gasteiger partial charge < -0.3 is 14.4 Å². The zero-order valence-corrected chi connectivity index (χ0v) is 22.0. The van der Waals surface area contributed by atoms with Crippen molar-refractivity contribution >= 4 is 11.7 Å². The van der Waals surface area contributed by atoms with E-state index in [0.29, 0.717) is 23.0 Å². The third-order valence-electron chi connectivity index (χ3n) is 7.27. The van der Waals surface area contributed by atoms with Crippen LogP contribution in [-0.4, -0.2) is 20.1 Å². The number of benzene rings is 2. The molecule has 2 aromatic carbocycles. The number of hydrogen-bond acceptors (Lipinski definition) is 4. The van der Waals surface area contributed by atoms with Crippen LogP contribution in [0.15, 0.2) is 73.1 Å². The number of ether oxygens (including phenoxy) is 2. The van der Waals surface area contributed by atoms with Gasteiger partial charge in [-0.15, -0.1) is 0 Å². The molecule has 3 aromatic rings. The Morgan fingerprint density at radius 3 is 2.11 bits per heavy atom. The van der Waals surface area contributed by atoms with Gasteiger partial charge in [-0.05, 0) is 79.5 Å².